The minimum absolute atomic E-state index is 0.128. The van der Waals surface area contributed by atoms with Gasteiger partial charge in [-0.25, -0.2) is 0 Å². The summed E-state index contributed by atoms with van der Waals surface area (Å²) in [5.41, 5.74) is 10.3. The van der Waals surface area contributed by atoms with E-state index in [0.29, 0.717) is 0 Å². The van der Waals surface area contributed by atoms with Crippen LogP contribution in [0.4, 0.5) is 0 Å². The lowest BCUT2D eigenvalue weighted by molar-refractivity contribution is 0.361. The van der Waals surface area contributed by atoms with Gasteiger partial charge in [0, 0.05) is 32.9 Å². The van der Waals surface area contributed by atoms with Crippen molar-refractivity contribution in [2.24, 2.45) is 5.41 Å². The Bertz CT molecular complexity index is 1980. The molecule has 2 heterocycles. The molecule has 0 aliphatic carbocycles. The predicted octanol–water partition coefficient (Wildman–Crippen LogP) is 10.7. The lowest BCUT2D eigenvalue weighted by atomic mass is 9.80. The number of nitrogens with zero attached hydrogens (tertiary/aromatic N) is 2. The van der Waals surface area contributed by atoms with Gasteiger partial charge in [0.05, 0.1) is 22.1 Å². The summed E-state index contributed by atoms with van der Waals surface area (Å²) >= 11 is 0. The smallest absolute Gasteiger partial charge is 0.0541 e. The highest BCUT2D eigenvalue weighted by atomic mass is 15.0. The Morgan fingerprint density at radius 2 is 0.651 bits per heavy atom. The van der Waals surface area contributed by atoms with Crippen molar-refractivity contribution in [1.82, 2.24) is 9.13 Å². The Morgan fingerprint density at radius 3 is 0.953 bits per heavy atom. The lowest BCUT2D eigenvalue weighted by Gasteiger charge is -2.25. The topological polar surface area (TPSA) is 9.86 Å². The molecule has 43 heavy (non-hydrogen) atoms. The predicted molar refractivity (Wildman–Crippen MR) is 183 cm³/mol. The van der Waals surface area contributed by atoms with E-state index >= 15 is 0 Å². The first-order valence-electron chi connectivity index (χ1n) is 15.2. The second-order valence-corrected chi connectivity index (χ2v) is 12.6. The van der Waals surface area contributed by atoms with E-state index in [2.05, 4.69) is 169 Å². The van der Waals surface area contributed by atoms with Gasteiger partial charge in [-0.15, -0.1) is 0 Å². The number of aromatic nitrogens is 2. The molecular weight excluding hydrogens is 520 g/mol. The van der Waals surface area contributed by atoms with Crippen LogP contribution in [-0.4, -0.2) is 9.13 Å². The van der Waals surface area contributed by atoms with Crippen LogP contribution in [-0.2, 0) is 12.8 Å². The molecule has 0 saturated heterocycles. The summed E-state index contributed by atoms with van der Waals surface area (Å²) in [6, 6.07) is 53.2. The Kier molecular flexibility index (Phi) is 5.97. The first-order chi connectivity index (χ1) is 21.1. The summed E-state index contributed by atoms with van der Waals surface area (Å²) in [5.74, 6) is 0. The van der Waals surface area contributed by atoms with Crippen LogP contribution in [0.1, 0.15) is 25.0 Å². The summed E-state index contributed by atoms with van der Waals surface area (Å²) in [7, 11) is 0. The van der Waals surface area contributed by atoms with Crippen LogP contribution in [0.3, 0.4) is 0 Å². The molecule has 2 nitrogen and oxygen atoms in total. The molecule has 0 atom stereocenters. The van der Waals surface area contributed by atoms with Gasteiger partial charge in [0.15, 0.2) is 0 Å². The fraction of sp³-hybridized carbons (Fsp3) is 0.122. The van der Waals surface area contributed by atoms with Gasteiger partial charge < -0.3 is 9.13 Å². The molecule has 8 aromatic rings. The maximum absolute atomic E-state index is 2.39. The van der Waals surface area contributed by atoms with Crippen LogP contribution in [0.25, 0.3) is 55.0 Å². The molecule has 0 radical (unpaired) electrons. The molecule has 8 rings (SSSR count). The molecule has 2 heteroatoms. The van der Waals surface area contributed by atoms with Crippen LogP contribution in [0.5, 0.6) is 0 Å². The molecule has 208 valence electrons. The molecule has 0 fully saturated rings. The number of rotatable bonds is 6. The second-order valence-electron chi connectivity index (χ2n) is 12.6. The first kappa shape index (κ1) is 25.6. The molecule has 6 aromatic carbocycles. The standard InChI is InChI=1S/C41H34N2/c1-41(2,27-29-19-23-31(24-20-29)42-37-15-7-3-11-33(37)34-12-4-8-16-38(34)42)28-30-21-25-32(26-22-30)43-39-17-9-5-13-35(39)36-14-6-10-18-40(36)43/h3-26H,27-28H2,1-2H3. The fourth-order valence-corrected chi connectivity index (χ4v) is 7.09. The van der Waals surface area contributed by atoms with E-state index in [1.807, 2.05) is 0 Å². The minimum Gasteiger partial charge on any atom is -0.309 e. The van der Waals surface area contributed by atoms with Gasteiger partial charge in [0.1, 0.15) is 0 Å². The van der Waals surface area contributed by atoms with Crippen molar-refractivity contribution in [2.75, 3.05) is 0 Å². The molecule has 0 saturated carbocycles. The highest BCUT2D eigenvalue weighted by Crippen LogP contribution is 2.34. The number of para-hydroxylation sites is 4. The lowest BCUT2D eigenvalue weighted by Crippen LogP contribution is -2.18. The highest BCUT2D eigenvalue weighted by molar-refractivity contribution is 6.10. The second kappa shape index (κ2) is 10.0. The average Bonchev–Trinajstić information content (AvgIpc) is 3.55. The number of benzene rings is 6. The SMILES string of the molecule is CC(C)(Cc1ccc(-n2c3ccccc3c3ccccc32)cc1)Cc1ccc(-n2c3ccccc3c3ccccc32)cc1. The molecule has 0 bridgehead atoms. The van der Waals surface area contributed by atoms with E-state index in [4.69, 9.17) is 0 Å². The molecule has 0 N–H and O–H groups in total. The number of hydrogen-bond donors (Lipinski definition) is 0. The molecule has 0 amide bonds. The van der Waals surface area contributed by atoms with Crippen molar-refractivity contribution in [1.29, 1.82) is 0 Å². The van der Waals surface area contributed by atoms with Crippen molar-refractivity contribution in [3.8, 4) is 11.4 Å². The number of hydrogen-bond acceptors (Lipinski definition) is 0. The van der Waals surface area contributed by atoms with E-state index in [-0.39, 0.29) is 5.41 Å². The maximum Gasteiger partial charge on any atom is 0.0541 e. The molecule has 0 unspecified atom stereocenters. The summed E-state index contributed by atoms with van der Waals surface area (Å²) in [4.78, 5) is 0. The van der Waals surface area contributed by atoms with Crippen LogP contribution < -0.4 is 0 Å². The van der Waals surface area contributed by atoms with Crippen molar-refractivity contribution in [3.63, 3.8) is 0 Å². The van der Waals surface area contributed by atoms with Gasteiger partial charge in [-0.05, 0) is 77.9 Å². The summed E-state index contributed by atoms with van der Waals surface area (Å²) < 4.78 is 4.77. The van der Waals surface area contributed by atoms with E-state index in [1.165, 1.54) is 66.1 Å². The van der Waals surface area contributed by atoms with Crippen molar-refractivity contribution < 1.29 is 0 Å². The zero-order chi connectivity index (χ0) is 29.0. The van der Waals surface area contributed by atoms with E-state index in [9.17, 15) is 0 Å². The molecule has 2 aromatic heterocycles. The summed E-state index contributed by atoms with van der Waals surface area (Å²) in [6.07, 6.45) is 2.05. The van der Waals surface area contributed by atoms with E-state index in [1.54, 1.807) is 0 Å². The quantitative estimate of drug-likeness (QED) is 0.193. The monoisotopic (exact) mass is 554 g/mol. The molecule has 0 aliphatic rings. The van der Waals surface area contributed by atoms with Gasteiger partial charge >= 0.3 is 0 Å². The Labute approximate surface area is 252 Å². The van der Waals surface area contributed by atoms with Crippen molar-refractivity contribution in [3.05, 3.63) is 157 Å². The van der Waals surface area contributed by atoms with Gasteiger partial charge in [-0.3, -0.25) is 0 Å². The van der Waals surface area contributed by atoms with Crippen molar-refractivity contribution in [2.45, 2.75) is 26.7 Å². The van der Waals surface area contributed by atoms with Crippen LogP contribution in [0.2, 0.25) is 0 Å². The maximum atomic E-state index is 2.39. The normalized spacial score (nSPS) is 12.1. The molecule has 0 aliphatic heterocycles. The zero-order valence-electron chi connectivity index (χ0n) is 24.7. The van der Waals surface area contributed by atoms with Crippen LogP contribution >= 0.6 is 0 Å². The average molecular weight is 555 g/mol. The third-order valence-electron chi connectivity index (χ3n) is 8.91. The van der Waals surface area contributed by atoms with E-state index < -0.39 is 0 Å². The third kappa shape index (κ3) is 4.42. The summed E-state index contributed by atoms with van der Waals surface area (Å²) in [5, 5.41) is 5.19. The highest BCUT2D eigenvalue weighted by Gasteiger charge is 2.20. The fourth-order valence-electron chi connectivity index (χ4n) is 7.09. The van der Waals surface area contributed by atoms with Gasteiger partial charge in [-0.1, -0.05) is 111 Å². The van der Waals surface area contributed by atoms with E-state index in [0.717, 1.165) is 12.8 Å². The van der Waals surface area contributed by atoms with Crippen LogP contribution in [0.15, 0.2) is 146 Å². The Balaban J connectivity index is 1.04. The summed E-state index contributed by atoms with van der Waals surface area (Å²) in [6.45, 7) is 4.77. The van der Waals surface area contributed by atoms with Gasteiger partial charge in [-0.2, -0.15) is 0 Å². The minimum atomic E-state index is 0.128. The Morgan fingerprint density at radius 1 is 0.372 bits per heavy atom. The van der Waals surface area contributed by atoms with Crippen LogP contribution in [0, 0.1) is 5.41 Å². The number of fused-ring (bicyclic) bond motifs is 6. The largest absolute Gasteiger partial charge is 0.309 e. The molecular formula is C41H34N2. The van der Waals surface area contributed by atoms with Gasteiger partial charge in [0.25, 0.3) is 0 Å². The zero-order valence-corrected chi connectivity index (χ0v) is 24.7. The Hall–Kier alpha value is -5.08. The van der Waals surface area contributed by atoms with Crippen molar-refractivity contribution >= 4 is 43.6 Å². The van der Waals surface area contributed by atoms with Gasteiger partial charge in [0.2, 0.25) is 0 Å². The first-order valence-corrected chi connectivity index (χ1v) is 15.2. The molecule has 0 spiro atoms. The third-order valence-corrected chi connectivity index (χ3v) is 8.91.